The monoisotopic (exact) mass is 426 g/mol. The Kier molecular flexibility index (Phi) is 7.06. The summed E-state index contributed by atoms with van der Waals surface area (Å²) in [5, 5.41) is 1.12. The maximum Gasteiger partial charge on any atom is 0.285 e. The fourth-order valence-electron chi connectivity index (χ4n) is 2.54. The maximum atomic E-state index is 12.7. The highest BCUT2D eigenvalue weighted by Gasteiger charge is 2.33. The van der Waals surface area contributed by atoms with E-state index in [0.29, 0.717) is 27.3 Å². The standard InChI is InChI=1S/C22H22N2O3S2/c1-15(2)12-13-27-18-10-8-16(9-11-18)14-19-21(26)24(22(28)29-19)23-20(25)17-6-4-3-5-7-17/h3-11,14-15H,12-13H2,1-2H3,(H,23,25)/b19-14+. The van der Waals surface area contributed by atoms with E-state index in [9.17, 15) is 9.59 Å². The van der Waals surface area contributed by atoms with Crippen LogP contribution in [0, 0.1) is 5.92 Å². The van der Waals surface area contributed by atoms with Gasteiger partial charge < -0.3 is 4.74 Å². The van der Waals surface area contributed by atoms with Gasteiger partial charge in [-0.25, -0.2) is 0 Å². The minimum Gasteiger partial charge on any atom is -0.494 e. The van der Waals surface area contributed by atoms with E-state index in [1.54, 1.807) is 30.3 Å². The van der Waals surface area contributed by atoms with Gasteiger partial charge in [-0.3, -0.25) is 15.0 Å². The molecule has 1 heterocycles. The molecule has 2 aromatic rings. The first-order chi connectivity index (χ1) is 13.9. The van der Waals surface area contributed by atoms with Crippen LogP contribution in [-0.4, -0.2) is 27.8 Å². The molecule has 29 heavy (non-hydrogen) atoms. The molecule has 0 aliphatic carbocycles. The van der Waals surface area contributed by atoms with E-state index >= 15 is 0 Å². The lowest BCUT2D eigenvalue weighted by molar-refractivity contribution is -0.123. The molecule has 0 aromatic heterocycles. The Hall–Kier alpha value is -2.64. The molecular weight excluding hydrogens is 404 g/mol. The van der Waals surface area contributed by atoms with Gasteiger partial charge in [-0.2, -0.15) is 5.01 Å². The predicted molar refractivity (Wildman–Crippen MR) is 120 cm³/mol. The number of thioether (sulfide) groups is 1. The summed E-state index contributed by atoms with van der Waals surface area (Å²) in [6, 6.07) is 16.2. The first-order valence-electron chi connectivity index (χ1n) is 9.31. The van der Waals surface area contributed by atoms with Gasteiger partial charge in [0.2, 0.25) is 0 Å². The SMILES string of the molecule is CC(C)CCOc1ccc(/C=C2/SC(=S)N(NC(=O)c3ccccc3)C2=O)cc1. The Morgan fingerprint density at radius 1 is 1.17 bits per heavy atom. The molecule has 0 saturated carbocycles. The Bertz CT molecular complexity index is 925. The average Bonchev–Trinajstić information content (AvgIpc) is 2.97. The molecule has 1 aliphatic rings. The predicted octanol–water partition coefficient (Wildman–Crippen LogP) is 4.66. The van der Waals surface area contributed by atoms with Gasteiger partial charge in [-0.15, -0.1) is 0 Å². The van der Waals surface area contributed by atoms with Gasteiger partial charge in [0.05, 0.1) is 11.5 Å². The molecule has 0 bridgehead atoms. The van der Waals surface area contributed by atoms with E-state index in [0.717, 1.165) is 34.5 Å². The highest BCUT2D eigenvalue weighted by atomic mass is 32.2. The minimum atomic E-state index is -0.383. The van der Waals surface area contributed by atoms with Crippen LogP contribution in [0.4, 0.5) is 0 Å². The third-order valence-electron chi connectivity index (χ3n) is 4.18. The van der Waals surface area contributed by atoms with Crippen molar-refractivity contribution < 1.29 is 14.3 Å². The van der Waals surface area contributed by atoms with Crippen LogP contribution < -0.4 is 10.2 Å². The van der Waals surface area contributed by atoms with Crippen LogP contribution in [0.3, 0.4) is 0 Å². The van der Waals surface area contributed by atoms with Crippen molar-refractivity contribution in [3.05, 3.63) is 70.6 Å². The second-order valence-corrected chi connectivity index (χ2v) is 8.60. The van der Waals surface area contributed by atoms with Crippen LogP contribution in [0.15, 0.2) is 59.5 Å². The zero-order chi connectivity index (χ0) is 20.8. The number of benzene rings is 2. The summed E-state index contributed by atoms with van der Waals surface area (Å²) in [4.78, 5) is 25.4. The van der Waals surface area contributed by atoms with Crippen molar-refractivity contribution in [3.8, 4) is 5.75 Å². The van der Waals surface area contributed by atoms with Crippen molar-refractivity contribution in [2.45, 2.75) is 20.3 Å². The second-order valence-electron chi connectivity index (χ2n) is 6.92. The maximum absolute atomic E-state index is 12.7. The van der Waals surface area contributed by atoms with Gasteiger partial charge in [0.1, 0.15) is 5.75 Å². The lowest BCUT2D eigenvalue weighted by Crippen LogP contribution is -2.44. The number of carbonyl (C=O) groups is 2. The van der Waals surface area contributed by atoms with Crippen LogP contribution >= 0.6 is 24.0 Å². The zero-order valence-electron chi connectivity index (χ0n) is 16.3. The zero-order valence-corrected chi connectivity index (χ0v) is 17.9. The third-order valence-corrected chi connectivity index (χ3v) is 5.49. The largest absolute Gasteiger partial charge is 0.494 e. The fourth-order valence-corrected chi connectivity index (χ4v) is 3.72. The Labute approximate surface area is 180 Å². The normalized spacial score (nSPS) is 15.3. The average molecular weight is 427 g/mol. The molecule has 3 rings (SSSR count). The summed E-state index contributed by atoms with van der Waals surface area (Å²) in [7, 11) is 0. The molecule has 1 saturated heterocycles. The summed E-state index contributed by atoms with van der Waals surface area (Å²) in [5.74, 6) is 0.664. The van der Waals surface area contributed by atoms with E-state index < -0.39 is 0 Å². The van der Waals surface area contributed by atoms with E-state index in [-0.39, 0.29) is 11.8 Å². The van der Waals surface area contributed by atoms with Crippen molar-refractivity contribution in [1.29, 1.82) is 0 Å². The number of ether oxygens (including phenoxy) is 1. The van der Waals surface area contributed by atoms with Crippen LogP contribution in [0.2, 0.25) is 0 Å². The van der Waals surface area contributed by atoms with E-state index in [4.69, 9.17) is 17.0 Å². The Morgan fingerprint density at radius 2 is 1.86 bits per heavy atom. The van der Waals surface area contributed by atoms with Crippen molar-refractivity contribution in [1.82, 2.24) is 10.4 Å². The summed E-state index contributed by atoms with van der Waals surface area (Å²) in [6.45, 7) is 4.99. The van der Waals surface area contributed by atoms with Crippen LogP contribution in [-0.2, 0) is 4.79 Å². The van der Waals surface area contributed by atoms with E-state index in [2.05, 4.69) is 19.3 Å². The molecule has 0 unspecified atom stereocenters. The highest BCUT2D eigenvalue weighted by Crippen LogP contribution is 2.31. The molecule has 1 fully saturated rings. The number of rotatable bonds is 7. The van der Waals surface area contributed by atoms with Gasteiger partial charge in [0.15, 0.2) is 4.32 Å². The molecular formula is C22H22N2O3S2. The highest BCUT2D eigenvalue weighted by molar-refractivity contribution is 8.26. The molecule has 0 radical (unpaired) electrons. The molecule has 0 atom stereocenters. The number of carbonyl (C=O) groups excluding carboxylic acids is 2. The lowest BCUT2D eigenvalue weighted by Gasteiger charge is -2.15. The number of nitrogens with one attached hydrogen (secondary N) is 1. The quantitative estimate of drug-likeness (QED) is 0.516. The topological polar surface area (TPSA) is 58.6 Å². The molecule has 0 spiro atoms. The van der Waals surface area contributed by atoms with Crippen LogP contribution in [0.5, 0.6) is 5.75 Å². The number of nitrogens with zero attached hydrogens (tertiary/aromatic N) is 1. The first kappa shape index (κ1) is 21.1. The third kappa shape index (κ3) is 5.68. The second kappa shape index (κ2) is 9.71. The van der Waals surface area contributed by atoms with Crippen molar-refractivity contribution >= 4 is 46.2 Å². The summed E-state index contributed by atoms with van der Waals surface area (Å²) in [6.07, 6.45) is 2.75. The summed E-state index contributed by atoms with van der Waals surface area (Å²) < 4.78 is 6.00. The molecule has 2 aromatic carbocycles. The van der Waals surface area contributed by atoms with Crippen LogP contribution in [0.25, 0.3) is 6.08 Å². The number of hydrazine groups is 1. The van der Waals surface area contributed by atoms with E-state index in [1.165, 1.54) is 0 Å². The summed E-state index contributed by atoms with van der Waals surface area (Å²) in [5.41, 5.74) is 3.89. The molecule has 5 nitrogen and oxygen atoms in total. The number of hydrogen-bond donors (Lipinski definition) is 1. The number of hydrogen-bond acceptors (Lipinski definition) is 5. The fraction of sp³-hybridized carbons (Fsp3) is 0.227. The van der Waals surface area contributed by atoms with Crippen molar-refractivity contribution in [2.75, 3.05) is 6.61 Å². The number of thiocarbonyl (C=S) groups is 1. The lowest BCUT2D eigenvalue weighted by atomic mass is 10.1. The molecule has 1 N–H and O–H groups in total. The smallest absolute Gasteiger partial charge is 0.285 e. The molecule has 2 amide bonds. The van der Waals surface area contributed by atoms with Gasteiger partial charge in [-0.05, 0) is 60.5 Å². The van der Waals surface area contributed by atoms with E-state index in [1.807, 2.05) is 30.3 Å². The molecule has 1 aliphatic heterocycles. The van der Waals surface area contributed by atoms with Gasteiger partial charge >= 0.3 is 0 Å². The van der Waals surface area contributed by atoms with Gasteiger partial charge in [0, 0.05) is 5.56 Å². The molecule has 7 heteroatoms. The minimum absolute atomic E-state index is 0.291. The Balaban J connectivity index is 1.64. The summed E-state index contributed by atoms with van der Waals surface area (Å²) >= 11 is 6.42. The van der Waals surface area contributed by atoms with Crippen molar-refractivity contribution in [3.63, 3.8) is 0 Å². The Morgan fingerprint density at radius 3 is 2.52 bits per heavy atom. The van der Waals surface area contributed by atoms with Crippen LogP contribution in [0.1, 0.15) is 36.2 Å². The molecule has 150 valence electrons. The van der Waals surface area contributed by atoms with Gasteiger partial charge in [0.25, 0.3) is 11.8 Å². The van der Waals surface area contributed by atoms with Gasteiger partial charge in [-0.1, -0.05) is 55.9 Å². The first-order valence-corrected chi connectivity index (χ1v) is 10.5. The van der Waals surface area contributed by atoms with Crippen molar-refractivity contribution in [2.24, 2.45) is 5.92 Å². The number of amides is 2.